The van der Waals surface area contributed by atoms with Gasteiger partial charge in [0.2, 0.25) is 0 Å². The summed E-state index contributed by atoms with van der Waals surface area (Å²) < 4.78 is 5.34. The maximum atomic E-state index is 12.0. The summed E-state index contributed by atoms with van der Waals surface area (Å²) in [4.78, 5) is 12.0. The number of aliphatic hydroxyl groups excluding tert-OH is 1. The molecule has 4 atom stereocenters. The van der Waals surface area contributed by atoms with Gasteiger partial charge < -0.3 is 20.1 Å². The molecule has 0 aromatic carbocycles. The van der Waals surface area contributed by atoms with Crippen LogP contribution in [0.3, 0.4) is 0 Å². The van der Waals surface area contributed by atoms with Gasteiger partial charge in [0, 0.05) is 12.0 Å². The predicted molar refractivity (Wildman–Crippen MR) is 95.7 cm³/mol. The van der Waals surface area contributed by atoms with Crippen LogP contribution in [0.5, 0.6) is 0 Å². The second kappa shape index (κ2) is 7.44. The van der Waals surface area contributed by atoms with Gasteiger partial charge in [-0.3, -0.25) is 0 Å². The van der Waals surface area contributed by atoms with Gasteiger partial charge in [0.05, 0.1) is 17.3 Å². The summed E-state index contributed by atoms with van der Waals surface area (Å²) in [5, 5.41) is 31.7. The van der Waals surface area contributed by atoms with E-state index in [0.717, 1.165) is 0 Å². The molecule has 1 aliphatic carbocycles. The van der Waals surface area contributed by atoms with Crippen LogP contribution in [0.4, 0.5) is 0 Å². The minimum Gasteiger partial charge on any atom is -0.454 e. The first-order valence-corrected chi connectivity index (χ1v) is 8.95. The Kier molecular flexibility index (Phi) is 5.92. The summed E-state index contributed by atoms with van der Waals surface area (Å²) in [5.74, 6) is -0.448. The van der Waals surface area contributed by atoms with Crippen molar-refractivity contribution in [2.45, 2.75) is 76.3 Å². The third-order valence-corrected chi connectivity index (χ3v) is 5.29. The molecule has 0 aromatic heterocycles. The van der Waals surface area contributed by atoms with E-state index in [9.17, 15) is 20.1 Å². The van der Waals surface area contributed by atoms with E-state index in [2.05, 4.69) is 6.58 Å². The molecule has 3 N–H and O–H groups in total. The average molecular weight is 350 g/mol. The molecule has 25 heavy (non-hydrogen) atoms. The van der Waals surface area contributed by atoms with Gasteiger partial charge in [-0.05, 0) is 50.2 Å². The molecule has 0 saturated carbocycles. The molecule has 0 radical (unpaired) electrons. The summed E-state index contributed by atoms with van der Waals surface area (Å²) >= 11 is 0. The van der Waals surface area contributed by atoms with Gasteiger partial charge in [-0.1, -0.05) is 32.6 Å². The molecular formula is C20H30O5. The second-order valence-electron chi connectivity index (χ2n) is 7.89. The molecule has 1 aliphatic heterocycles. The van der Waals surface area contributed by atoms with Gasteiger partial charge >= 0.3 is 5.97 Å². The fourth-order valence-corrected chi connectivity index (χ4v) is 3.16. The molecule has 2 aliphatic rings. The Morgan fingerprint density at radius 1 is 1.28 bits per heavy atom. The fraction of sp³-hybridized carbons (Fsp3) is 0.650. The van der Waals surface area contributed by atoms with Crippen molar-refractivity contribution in [3.8, 4) is 0 Å². The standard InChI is InChI=1S/C20H30O5/c1-13(2)20(24)8-5-15-12-16(25-18(15)22)11-14(3)17(21)6-7-19(4,23)9-10-20/h9-10,12-13,16-17,21,23-24H,3,5-8,11H2,1-2,4H3/b10-9-/t16-,17+,19-,20+/m0/s1. The van der Waals surface area contributed by atoms with Crippen LogP contribution in [-0.2, 0) is 9.53 Å². The first-order valence-electron chi connectivity index (χ1n) is 8.95. The fourth-order valence-electron chi connectivity index (χ4n) is 3.16. The van der Waals surface area contributed by atoms with Gasteiger partial charge in [-0.15, -0.1) is 0 Å². The summed E-state index contributed by atoms with van der Waals surface area (Å²) in [6, 6.07) is 0. The highest BCUT2D eigenvalue weighted by atomic mass is 16.5. The van der Waals surface area contributed by atoms with E-state index in [1.165, 1.54) is 0 Å². The van der Waals surface area contributed by atoms with Crippen LogP contribution in [-0.4, -0.2) is 44.7 Å². The van der Waals surface area contributed by atoms with E-state index in [0.29, 0.717) is 43.3 Å². The van der Waals surface area contributed by atoms with E-state index in [-0.39, 0.29) is 11.9 Å². The van der Waals surface area contributed by atoms with Gasteiger partial charge in [-0.25, -0.2) is 4.79 Å². The Bertz CT molecular complexity index is 587. The number of fused-ring (bicyclic) bond motifs is 1. The zero-order valence-corrected chi connectivity index (χ0v) is 15.4. The molecule has 0 saturated heterocycles. The maximum Gasteiger partial charge on any atom is 0.334 e. The molecule has 1 heterocycles. The molecule has 5 heteroatoms. The Morgan fingerprint density at radius 2 is 1.96 bits per heavy atom. The van der Waals surface area contributed by atoms with Crippen molar-refractivity contribution < 1.29 is 24.9 Å². The molecular weight excluding hydrogens is 320 g/mol. The van der Waals surface area contributed by atoms with Gasteiger partial charge in [0.15, 0.2) is 0 Å². The minimum absolute atomic E-state index is 0.0772. The SMILES string of the molecule is C=C1C[C@H]2C=C(CC[C@](O)(C(C)C)/C=C\[C@@](C)(O)CC[C@H]1O)C(=O)O2. The molecule has 0 unspecified atom stereocenters. The zero-order valence-electron chi connectivity index (χ0n) is 15.4. The highest BCUT2D eigenvalue weighted by molar-refractivity contribution is 5.90. The van der Waals surface area contributed by atoms with E-state index in [4.69, 9.17) is 4.74 Å². The molecule has 5 nitrogen and oxygen atoms in total. The zero-order chi connectivity index (χ0) is 18.8. The van der Waals surface area contributed by atoms with Crippen LogP contribution in [0.15, 0.2) is 36.0 Å². The summed E-state index contributed by atoms with van der Waals surface area (Å²) in [6.07, 6.45) is 5.60. The molecule has 0 spiro atoms. The van der Waals surface area contributed by atoms with Crippen molar-refractivity contribution in [1.29, 1.82) is 0 Å². The smallest absolute Gasteiger partial charge is 0.334 e. The van der Waals surface area contributed by atoms with Crippen molar-refractivity contribution in [1.82, 2.24) is 0 Å². The van der Waals surface area contributed by atoms with E-state index in [1.54, 1.807) is 25.2 Å². The highest BCUT2D eigenvalue weighted by Crippen LogP contribution is 2.32. The number of ether oxygens (including phenoxy) is 1. The lowest BCUT2D eigenvalue weighted by Gasteiger charge is -2.31. The van der Waals surface area contributed by atoms with Crippen LogP contribution >= 0.6 is 0 Å². The molecule has 140 valence electrons. The number of esters is 1. The quantitative estimate of drug-likeness (QED) is 0.499. The van der Waals surface area contributed by atoms with Crippen LogP contribution in [0.1, 0.15) is 52.9 Å². The molecule has 2 rings (SSSR count). The highest BCUT2D eigenvalue weighted by Gasteiger charge is 2.33. The first-order chi connectivity index (χ1) is 11.5. The van der Waals surface area contributed by atoms with Crippen molar-refractivity contribution in [2.75, 3.05) is 0 Å². The Morgan fingerprint density at radius 3 is 2.60 bits per heavy atom. The maximum absolute atomic E-state index is 12.0. The van der Waals surface area contributed by atoms with Gasteiger partial charge in [-0.2, -0.15) is 0 Å². The Balaban J connectivity index is 2.30. The molecule has 0 fully saturated rings. The molecule has 0 amide bonds. The molecule has 2 bridgehead atoms. The van der Waals surface area contributed by atoms with E-state index < -0.39 is 23.4 Å². The number of carbonyl (C=O) groups excluding carboxylic acids is 1. The number of hydrogen-bond donors (Lipinski definition) is 3. The Hall–Kier alpha value is -1.43. The summed E-state index contributed by atoms with van der Waals surface area (Å²) in [5.41, 5.74) is -1.14. The topological polar surface area (TPSA) is 87.0 Å². The number of hydrogen-bond acceptors (Lipinski definition) is 5. The van der Waals surface area contributed by atoms with Crippen molar-refractivity contribution in [3.63, 3.8) is 0 Å². The van der Waals surface area contributed by atoms with Crippen LogP contribution < -0.4 is 0 Å². The van der Waals surface area contributed by atoms with E-state index in [1.807, 2.05) is 13.8 Å². The van der Waals surface area contributed by atoms with Crippen LogP contribution in [0, 0.1) is 5.92 Å². The average Bonchev–Trinajstić information content (AvgIpc) is 2.87. The van der Waals surface area contributed by atoms with Gasteiger partial charge in [0.1, 0.15) is 6.10 Å². The minimum atomic E-state index is -1.14. The number of rotatable bonds is 1. The van der Waals surface area contributed by atoms with Crippen molar-refractivity contribution in [2.24, 2.45) is 5.92 Å². The first kappa shape index (κ1) is 19.9. The number of aliphatic hydroxyl groups is 3. The molecule has 0 aromatic rings. The van der Waals surface area contributed by atoms with Crippen molar-refractivity contribution >= 4 is 5.97 Å². The van der Waals surface area contributed by atoms with Gasteiger partial charge in [0.25, 0.3) is 0 Å². The third-order valence-electron chi connectivity index (χ3n) is 5.29. The van der Waals surface area contributed by atoms with Crippen LogP contribution in [0.2, 0.25) is 0 Å². The third kappa shape index (κ3) is 5.03. The summed E-state index contributed by atoms with van der Waals surface area (Å²) in [7, 11) is 0. The normalized spacial score (nSPS) is 38.9. The lowest BCUT2D eigenvalue weighted by atomic mass is 9.82. The van der Waals surface area contributed by atoms with Crippen molar-refractivity contribution in [3.05, 3.63) is 36.0 Å². The summed E-state index contributed by atoms with van der Waals surface area (Å²) in [6.45, 7) is 9.35. The Labute approximate surface area is 149 Å². The lowest BCUT2D eigenvalue weighted by Crippen LogP contribution is -2.34. The predicted octanol–water partition coefficient (Wildman–Crippen LogP) is 2.41. The van der Waals surface area contributed by atoms with E-state index >= 15 is 0 Å². The largest absolute Gasteiger partial charge is 0.454 e. The number of carbonyl (C=O) groups is 1. The second-order valence-corrected chi connectivity index (χ2v) is 7.89. The lowest BCUT2D eigenvalue weighted by molar-refractivity contribution is -0.139. The van der Waals surface area contributed by atoms with Crippen LogP contribution in [0.25, 0.3) is 0 Å². The monoisotopic (exact) mass is 350 g/mol.